The summed E-state index contributed by atoms with van der Waals surface area (Å²) in [5.74, 6) is -0.581. The van der Waals surface area contributed by atoms with Gasteiger partial charge in [0.1, 0.15) is 0 Å². The van der Waals surface area contributed by atoms with E-state index >= 15 is 0 Å². The van der Waals surface area contributed by atoms with Crippen molar-refractivity contribution in [1.82, 2.24) is 4.90 Å². The zero-order valence-electron chi connectivity index (χ0n) is 13.3. The van der Waals surface area contributed by atoms with Crippen LogP contribution in [0.3, 0.4) is 0 Å². The second-order valence-electron chi connectivity index (χ2n) is 5.96. The highest BCUT2D eigenvalue weighted by Crippen LogP contribution is 2.19. The first-order valence-corrected chi connectivity index (χ1v) is 7.37. The van der Waals surface area contributed by atoms with Crippen LogP contribution in [-0.4, -0.2) is 35.5 Å². The molecule has 0 aliphatic heterocycles. The minimum atomic E-state index is -0.889. The highest BCUT2D eigenvalue weighted by Gasteiger charge is 2.19. The molecule has 116 valence electrons. The molecule has 0 radical (unpaired) electrons. The number of benzene rings is 1. The lowest BCUT2D eigenvalue weighted by molar-refractivity contribution is -0.138. The lowest BCUT2D eigenvalue weighted by atomic mass is 9.96. The van der Waals surface area contributed by atoms with E-state index in [2.05, 4.69) is 26.0 Å². The molecule has 0 aliphatic rings. The Morgan fingerprint density at radius 1 is 1.14 bits per heavy atom. The average molecular weight is 291 g/mol. The van der Waals surface area contributed by atoms with Gasteiger partial charge in [0.15, 0.2) is 0 Å². The minimum Gasteiger partial charge on any atom is -0.481 e. The molecule has 1 amide bonds. The molecule has 0 saturated heterocycles. The Hall–Kier alpha value is -1.84. The number of aliphatic carboxylic acids is 1. The van der Waals surface area contributed by atoms with Crippen molar-refractivity contribution in [2.75, 3.05) is 13.6 Å². The van der Waals surface area contributed by atoms with Gasteiger partial charge >= 0.3 is 5.97 Å². The van der Waals surface area contributed by atoms with Crippen molar-refractivity contribution in [3.8, 4) is 0 Å². The lowest BCUT2D eigenvalue weighted by Crippen LogP contribution is -2.32. The Morgan fingerprint density at radius 3 is 2.19 bits per heavy atom. The van der Waals surface area contributed by atoms with Crippen LogP contribution in [0.2, 0.25) is 0 Å². The third kappa shape index (κ3) is 5.58. The maximum absolute atomic E-state index is 12.3. The molecule has 0 aliphatic carbocycles. The third-order valence-electron chi connectivity index (χ3n) is 3.53. The zero-order chi connectivity index (χ0) is 16.0. The van der Waals surface area contributed by atoms with Crippen LogP contribution in [0.1, 0.15) is 44.2 Å². The van der Waals surface area contributed by atoms with Crippen LogP contribution in [0.4, 0.5) is 0 Å². The molecule has 21 heavy (non-hydrogen) atoms. The van der Waals surface area contributed by atoms with E-state index in [-0.39, 0.29) is 24.8 Å². The van der Waals surface area contributed by atoms with Crippen molar-refractivity contribution in [3.05, 3.63) is 35.4 Å². The Bertz CT molecular complexity index is 479. The normalized spacial score (nSPS) is 12.2. The van der Waals surface area contributed by atoms with Crippen LogP contribution in [0.15, 0.2) is 24.3 Å². The van der Waals surface area contributed by atoms with Crippen molar-refractivity contribution < 1.29 is 14.7 Å². The smallest absolute Gasteiger partial charge is 0.305 e. The van der Waals surface area contributed by atoms with Crippen molar-refractivity contribution >= 4 is 11.9 Å². The summed E-state index contributed by atoms with van der Waals surface area (Å²) < 4.78 is 0. The molecule has 0 saturated carbocycles. The molecule has 4 nitrogen and oxygen atoms in total. The monoisotopic (exact) mass is 291 g/mol. The van der Waals surface area contributed by atoms with E-state index in [1.807, 2.05) is 19.1 Å². The Morgan fingerprint density at radius 2 is 1.71 bits per heavy atom. The number of hydrogen-bond acceptors (Lipinski definition) is 2. The van der Waals surface area contributed by atoms with Crippen LogP contribution in [-0.2, 0) is 16.0 Å². The van der Waals surface area contributed by atoms with Gasteiger partial charge in [0, 0.05) is 13.6 Å². The quantitative estimate of drug-likeness (QED) is 0.840. The van der Waals surface area contributed by atoms with E-state index in [1.165, 1.54) is 10.5 Å². The number of carboxylic acid groups (broad SMARTS) is 1. The van der Waals surface area contributed by atoms with Gasteiger partial charge in [-0.05, 0) is 30.4 Å². The van der Waals surface area contributed by atoms with Gasteiger partial charge in [0.2, 0.25) is 5.91 Å². The second-order valence-corrected chi connectivity index (χ2v) is 5.96. The topological polar surface area (TPSA) is 57.6 Å². The number of carboxylic acids is 1. The van der Waals surface area contributed by atoms with Gasteiger partial charge in [0.05, 0.1) is 12.3 Å². The van der Waals surface area contributed by atoms with Gasteiger partial charge in [-0.25, -0.2) is 0 Å². The predicted octanol–water partition coefficient (Wildman–Crippen LogP) is 2.92. The van der Waals surface area contributed by atoms with E-state index < -0.39 is 5.97 Å². The summed E-state index contributed by atoms with van der Waals surface area (Å²) in [4.78, 5) is 24.3. The zero-order valence-corrected chi connectivity index (χ0v) is 13.3. The fraction of sp³-hybridized carbons (Fsp3) is 0.529. The van der Waals surface area contributed by atoms with Crippen molar-refractivity contribution in [3.63, 3.8) is 0 Å². The second kappa shape index (κ2) is 7.81. The number of nitrogens with zero attached hydrogens (tertiary/aromatic N) is 1. The van der Waals surface area contributed by atoms with Crippen molar-refractivity contribution in [2.45, 2.75) is 39.5 Å². The molecular weight excluding hydrogens is 266 g/mol. The summed E-state index contributed by atoms with van der Waals surface area (Å²) in [6.45, 7) is 6.45. The Balaban J connectivity index is 2.67. The standard InChI is InChI=1S/C17H25NO3/c1-12(2)11-14-5-7-15(8-6-14)13(3)17(21)18(4)10-9-16(19)20/h5-8,12-13H,9-11H2,1-4H3,(H,19,20)/t13-/m0/s1. The average Bonchev–Trinajstić information content (AvgIpc) is 2.43. The molecule has 4 heteroatoms. The molecule has 0 aromatic heterocycles. The number of hydrogen-bond donors (Lipinski definition) is 1. The highest BCUT2D eigenvalue weighted by molar-refractivity contribution is 5.83. The van der Waals surface area contributed by atoms with Crippen LogP contribution in [0.5, 0.6) is 0 Å². The first-order chi connectivity index (χ1) is 9.81. The van der Waals surface area contributed by atoms with Crippen LogP contribution >= 0.6 is 0 Å². The number of rotatable bonds is 7. The van der Waals surface area contributed by atoms with Crippen LogP contribution in [0.25, 0.3) is 0 Å². The Labute approximate surface area is 126 Å². The first kappa shape index (κ1) is 17.2. The maximum atomic E-state index is 12.3. The Kier molecular flexibility index (Phi) is 6.40. The molecule has 1 aromatic rings. The summed E-state index contributed by atoms with van der Waals surface area (Å²) in [6.07, 6.45) is 1.00. The van der Waals surface area contributed by atoms with E-state index in [0.29, 0.717) is 5.92 Å². The molecule has 1 N–H and O–H groups in total. The van der Waals surface area contributed by atoms with Crippen molar-refractivity contribution in [1.29, 1.82) is 0 Å². The largest absolute Gasteiger partial charge is 0.481 e. The molecule has 0 unspecified atom stereocenters. The summed E-state index contributed by atoms with van der Waals surface area (Å²) >= 11 is 0. The predicted molar refractivity (Wildman–Crippen MR) is 83.3 cm³/mol. The number of carbonyl (C=O) groups is 2. The molecule has 1 aromatic carbocycles. The van der Waals surface area contributed by atoms with Gasteiger partial charge in [-0.15, -0.1) is 0 Å². The molecular formula is C17H25NO3. The van der Waals surface area contributed by atoms with E-state index in [1.54, 1.807) is 7.05 Å². The number of likely N-dealkylation sites (N-methyl/N-ethyl adjacent to an activating group) is 1. The molecule has 0 spiro atoms. The fourth-order valence-corrected chi connectivity index (χ4v) is 2.26. The van der Waals surface area contributed by atoms with E-state index in [0.717, 1.165) is 12.0 Å². The third-order valence-corrected chi connectivity index (χ3v) is 3.53. The molecule has 0 fully saturated rings. The van der Waals surface area contributed by atoms with Crippen LogP contribution < -0.4 is 0 Å². The molecule has 0 heterocycles. The van der Waals surface area contributed by atoms with Gasteiger partial charge < -0.3 is 10.0 Å². The first-order valence-electron chi connectivity index (χ1n) is 7.37. The van der Waals surface area contributed by atoms with Gasteiger partial charge in [0.25, 0.3) is 0 Å². The minimum absolute atomic E-state index is 0.0255. The highest BCUT2D eigenvalue weighted by atomic mass is 16.4. The van der Waals surface area contributed by atoms with Crippen molar-refractivity contribution in [2.24, 2.45) is 5.92 Å². The van der Waals surface area contributed by atoms with E-state index in [4.69, 9.17) is 5.11 Å². The number of amides is 1. The summed E-state index contributed by atoms with van der Waals surface area (Å²) in [5.41, 5.74) is 2.24. The number of carbonyl (C=O) groups excluding carboxylic acids is 1. The summed E-state index contributed by atoms with van der Waals surface area (Å²) in [7, 11) is 1.65. The van der Waals surface area contributed by atoms with Gasteiger partial charge in [-0.1, -0.05) is 38.1 Å². The molecule has 1 atom stereocenters. The maximum Gasteiger partial charge on any atom is 0.305 e. The van der Waals surface area contributed by atoms with E-state index in [9.17, 15) is 9.59 Å². The molecule has 0 bridgehead atoms. The van der Waals surface area contributed by atoms with Gasteiger partial charge in [-0.3, -0.25) is 9.59 Å². The van der Waals surface area contributed by atoms with Gasteiger partial charge in [-0.2, -0.15) is 0 Å². The fourth-order valence-electron chi connectivity index (χ4n) is 2.26. The van der Waals surface area contributed by atoms with Crippen LogP contribution in [0, 0.1) is 5.92 Å². The SMILES string of the molecule is CC(C)Cc1ccc([C@H](C)C(=O)N(C)CCC(=O)O)cc1. The lowest BCUT2D eigenvalue weighted by Gasteiger charge is -2.21. The molecule has 1 rings (SSSR count). The summed E-state index contributed by atoms with van der Waals surface area (Å²) in [5, 5.41) is 8.66. The summed E-state index contributed by atoms with van der Waals surface area (Å²) in [6, 6.07) is 8.11.